The number of benzene rings is 1. The Labute approximate surface area is 184 Å². The van der Waals surface area contributed by atoms with Crippen LogP contribution >= 0.6 is 11.3 Å². The monoisotopic (exact) mass is 436 g/mol. The molecule has 3 aromatic rings. The molecule has 0 N–H and O–H groups in total. The van der Waals surface area contributed by atoms with Gasteiger partial charge in [0.25, 0.3) is 11.8 Å². The number of thiophene rings is 1. The van der Waals surface area contributed by atoms with Crippen LogP contribution < -0.4 is 0 Å². The van der Waals surface area contributed by atoms with Crippen molar-refractivity contribution in [2.75, 3.05) is 32.8 Å². The second kappa shape index (κ2) is 8.64. The van der Waals surface area contributed by atoms with Gasteiger partial charge in [0.1, 0.15) is 11.8 Å². The van der Waals surface area contributed by atoms with Gasteiger partial charge in [-0.05, 0) is 36.4 Å². The molecule has 1 atom stereocenters. The van der Waals surface area contributed by atoms with E-state index in [2.05, 4.69) is 0 Å². The molecule has 2 aliphatic heterocycles. The van der Waals surface area contributed by atoms with Crippen LogP contribution in [0.3, 0.4) is 0 Å². The number of amides is 2. The summed E-state index contributed by atoms with van der Waals surface area (Å²) in [5.41, 5.74) is 2.19. The lowest BCUT2D eigenvalue weighted by Gasteiger charge is -2.35. The second-order valence-corrected chi connectivity index (χ2v) is 8.72. The summed E-state index contributed by atoms with van der Waals surface area (Å²) >= 11 is 1.57. The minimum Gasteiger partial charge on any atom is -0.368 e. The minimum absolute atomic E-state index is 0.0465. The Morgan fingerprint density at radius 2 is 1.77 bits per heavy atom. The molecule has 8 heteroatoms. The normalized spacial score (nSPS) is 19.0. The van der Waals surface area contributed by atoms with E-state index in [1.165, 1.54) is 0 Å². The standard InChI is InChI=1S/C23H24N4O3S/c28-22(25-10-12-26(13-11-25)23(29)19-8-4-14-30-19)18-16-27(17-6-2-1-3-7-17)24-21(18)20-9-5-15-31-20/h1-3,5-7,9,15-16,19H,4,8,10-14H2. The van der Waals surface area contributed by atoms with E-state index < -0.39 is 0 Å². The van der Waals surface area contributed by atoms with Crippen LogP contribution in [-0.4, -0.2) is 70.3 Å². The van der Waals surface area contributed by atoms with E-state index in [0.717, 1.165) is 23.4 Å². The fourth-order valence-corrected chi connectivity index (χ4v) is 4.84. The molecule has 2 saturated heterocycles. The fraction of sp³-hybridized carbons (Fsp3) is 0.348. The van der Waals surface area contributed by atoms with Crippen molar-refractivity contribution < 1.29 is 14.3 Å². The number of para-hydroxylation sites is 1. The topological polar surface area (TPSA) is 67.7 Å². The van der Waals surface area contributed by atoms with E-state index in [1.807, 2.05) is 63.8 Å². The van der Waals surface area contributed by atoms with Crippen LogP contribution in [0.25, 0.3) is 16.3 Å². The summed E-state index contributed by atoms with van der Waals surface area (Å²) in [5.74, 6) is 0.00978. The summed E-state index contributed by atoms with van der Waals surface area (Å²) in [6.45, 7) is 2.75. The lowest BCUT2D eigenvalue weighted by Crippen LogP contribution is -2.52. The highest BCUT2D eigenvalue weighted by Gasteiger charge is 2.32. The van der Waals surface area contributed by atoms with Crippen LogP contribution in [0.15, 0.2) is 54.0 Å². The van der Waals surface area contributed by atoms with Crippen molar-refractivity contribution >= 4 is 23.2 Å². The van der Waals surface area contributed by atoms with Crippen molar-refractivity contribution in [3.05, 3.63) is 59.6 Å². The SMILES string of the molecule is O=C(c1cn(-c2ccccc2)nc1-c1cccs1)N1CCN(C(=O)C2CCCO2)CC1. The minimum atomic E-state index is -0.309. The molecule has 160 valence electrons. The van der Waals surface area contributed by atoms with E-state index in [4.69, 9.17) is 9.84 Å². The Morgan fingerprint density at radius 1 is 1.00 bits per heavy atom. The highest BCUT2D eigenvalue weighted by Crippen LogP contribution is 2.29. The van der Waals surface area contributed by atoms with Gasteiger partial charge in [-0.25, -0.2) is 4.68 Å². The quantitative estimate of drug-likeness (QED) is 0.630. The lowest BCUT2D eigenvalue weighted by atomic mass is 10.1. The molecule has 7 nitrogen and oxygen atoms in total. The number of rotatable bonds is 4. The molecule has 2 aromatic heterocycles. The maximum absolute atomic E-state index is 13.4. The molecular weight excluding hydrogens is 412 g/mol. The molecule has 31 heavy (non-hydrogen) atoms. The Balaban J connectivity index is 1.35. The molecule has 1 aromatic carbocycles. The summed E-state index contributed by atoms with van der Waals surface area (Å²) in [5, 5.41) is 6.72. The Kier molecular flexibility index (Phi) is 5.57. The molecular formula is C23H24N4O3S. The second-order valence-electron chi connectivity index (χ2n) is 7.77. The van der Waals surface area contributed by atoms with Crippen LogP contribution in [-0.2, 0) is 9.53 Å². The highest BCUT2D eigenvalue weighted by atomic mass is 32.1. The molecule has 0 radical (unpaired) electrons. The molecule has 2 fully saturated rings. The first-order chi connectivity index (χ1) is 15.2. The average molecular weight is 437 g/mol. The zero-order valence-corrected chi connectivity index (χ0v) is 18.0. The maximum Gasteiger partial charge on any atom is 0.257 e. The fourth-order valence-electron chi connectivity index (χ4n) is 4.12. The van der Waals surface area contributed by atoms with Crippen LogP contribution in [0, 0.1) is 0 Å². The average Bonchev–Trinajstić information content (AvgIpc) is 3.60. The van der Waals surface area contributed by atoms with Crippen molar-refractivity contribution in [2.24, 2.45) is 0 Å². The summed E-state index contributed by atoms with van der Waals surface area (Å²) in [6, 6.07) is 13.7. The molecule has 0 bridgehead atoms. The number of hydrogen-bond donors (Lipinski definition) is 0. The third kappa shape index (κ3) is 4.00. The zero-order chi connectivity index (χ0) is 21.2. The van der Waals surface area contributed by atoms with Crippen LogP contribution in [0.1, 0.15) is 23.2 Å². The van der Waals surface area contributed by atoms with Crippen LogP contribution in [0.2, 0.25) is 0 Å². The third-order valence-electron chi connectivity index (χ3n) is 5.80. The van der Waals surface area contributed by atoms with Gasteiger partial charge in [-0.2, -0.15) is 5.10 Å². The molecule has 2 amide bonds. The first-order valence-electron chi connectivity index (χ1n) is 10.6. The molecule has 1 unspecified atom stereocenters. The number of carbonyl (C=O) groups is 2. The number of ether oxygens (including phenoxy) is 1. The van der Waals surface area contributed by atoms with Crippen molar-refractivity contribution in [3.8, 4) is 16.3 Å². The number of hydrogen-bond acceptors (Lipinski definition) is 5. The Bertz CT molecular complexity index is 1050. The summed E-state index contributed by atoms with van der Waals surface area (Å²) in [6.07, 6.45) is 3.24. The molecule has 2 aliphatic rings. The number of aromatic nitrogens is 2. The van der Waals surface area contributed by atoms with E-state index in [9.17, 15) is 9.59 Å². The molecule has 0 saturated carbocycles. The van der Waals surface area contributed by atoms with Gasteiger partial charge in [0.2, 0.25) is 0 Å². The predicted molar refractivity (Wildman–Crippen MR) is 118 cm³/mol. The van der Waals surface area contributed by atoms with Crippen molar-refractivity contribution in [3.63, 3.8) is 0 Å². The van der Waals surface area contributed by atoms with Crippen LogP contribution in [0.4, 0.5) is 0 Å². The maximum atomic E-state index is 13.4. The Morgan fingerprint density at radius 3 is 2.45 bits per heavy atom. The molecule has 0 spiro atoms. The predicted octanol–water partition coefficient (Wildman–Crippen LogP) is 3.06. The number of piperazine rings is 1. The van der Waals surface area contributed by atoms with Crippen LogP contribution in [0.5, 0.6) is 0 Å². The van der Waals surface area contributed by atoms with Gasteiger partial charge in [-0.1, -0.05) is 24.3 Å². The summed E-state index contributed by atoms with van der Waals surface area (Å²) < 4.78 is 7.30. The smallest absolute Gasteiger partial charge is 0.257 e. The van der Waals surface area contributed by atoms with Gasteiger partial charge in [-0.15, -0.1) is 11.3 Å². The first-order valence-corrected chi connectivity index (χ1v) is 11.5. The first kappa shape index (κ1) is 20.0. The summed E-state index contributed by atoms with van der Waals surface area (Å²) in [7, 11) is 0. The Hall–Kier alpha value is -2.97. The van der Waals surface area contributed by atoms with Gasteiger partial charge in [0.15, 0.2) is 0 Å². The van der Waals surface area contributed by atoms with E-state index in [0.29, 0.717) is 44.0 Å². The largest absolute Gasteiger partial charge is 0.368 e. The third-order valence-corrected chi connectivity index (χ3v) is 6.68. The van der Waals surface area contributed by atoms with E-state index in [-0.39, 0.29) is 17.9 Å². The van der Waals surface area contributed by atoms with Gasteiger partial charge in [0.05, 0.1) is 16.1 Å². The van der Waals surface area contributed by atoms with Crippen molar-refractivity contribution in [1.82, 2.24) is 19.6 Å². The highest BCUT2D eigenvalue weighted by molar-refractivity contribution is 7.13. The van der Waals surface area contributed by atoms with Crippen molar-refractivity contribution in [1.29, 1.82) is 0 Å². The number of carbonyl (C=O) groups excluding carboxylic acids is 2. The zero-order valence-electron chi connectivity index (χ0n) is 17.1. The van der Waals surface area contributed by atoms with E-state index >= 15 is 0 Å². The van der Waals surface area contributed by atoms with Gasteiger partial charge in [0, 0.05) is 39.0 Å². The summed E-state index contributed by atoms with van der Waals surface area (Å²) in [4.78, 5) is 30.7. The number of nitrogens with zero attached hydrogens (tertiary/aromatic N) is 4. The van der Waals surface area contributed by atoms with Gasteiger partial charge >= 0.3 is 0 Å². The van der Waals surface area contributed by atoms with Gasteiger partial charge < -0.3 is 14.5 Å². The van der Waals surface area contributed by atoms with Crippen molar-refractivity contribution in [2.45, 2.75) is 18.9 Å². The molecule has 4 heterocycles. The van der Waals surface area contributed by atoms with E-state index in [1.54, 1.807) is 16.0 Å². The lowest BCUT2D eigenvalue weighted by molar-refractivity contribution is -0.142. The molecule has 5 rings (SSSR count). The van der Waals surface area contributed by atoms with Gasteiger partial charge in [-0.3, -0.25) is 9.59 Å². The molecule has 0 aliphatic carbocycles.